The first-order chi connectivity index (χ1) is 24.8. The van der Waals surface area contributed by atoms with Crippen LogP contribution in [0, 0.1) is 0 Å². The van der Waals surface area contributed by atoms with Crippen molar-refractivity contribution in [1.82, 2.24) is 44.9 Å². The second-order valence-corrected chi connectivity index (χ2v) is 13.7. The van der Waals surface area contributed by atoms with E-state index in [1.54, 1.807) is 36.6 Å². The van der Waals surface area contributed by atoms with Crippen LogP contribution in [0.5, 0.6) is 11.6 Å². The summed E-state index contributed by atoms with van der Waals surface area (Å²) in [4.78, 5) is 11.9. The van der Waals surface area contributed by atoms with Crippen molar-refractivity contribution in [3.05, 3.63) is 48.1 Å². The second-order valence-electron chi connectivity index (χ2n) is 13.3. The van der Waals surface area contributed by atoms with Crippen molar-refractivity contribution in [2.75, 3.05) is 51.9 Å². The molecule has 6 rings (SSSR count). The number of nitrogens with one attached hydrogen (secondary N) is 1. The maximum absolute atomic E-state index is 6.47. The summed E-state index contributed by atoms with van der Waals surface area (Å²) in [6.07, 6.45) is 12.5. The molecule has 4 heterocycles. The van der Waals surface area contributed by atoms with Gasteiger partial charge in [-0.3, -0.25) is 9.58 Å². The fourth-order valence-electron chi connectivity index (χ4n) is 6.75. The zero-order chi connectivity index (χ0) is 35.6. The minimum absolute atomic E-state index is 0. The number of tetrazole rings is 1. The lowest BCUT2D eigenvalue weighted by Crippen LogP contribution is -2.51. The summed E-state index contributed by atoms with van der Waals surface area (Å²) in [5.74, 6) is 1.51. The van der Waals surface area contributed by atoms with Gasteiger partial charge in [-0.1, -0.05) is 17.7 Å². The molecule has 0 radical (unpaired) electrons. The molecule has 3 atom stereocenters. The highest BCUT2D eigenvalue weighted by atomic mass is 35.5. The van der Waals surface area contributed by atoms with Crippen LogP contribution >= 0.6 is 24.0 Å². The lowest BCUT2D eigenvalue weighted by Gasteiger charge is -2.42. The van der Waals surface area contributed by atoms with Crippen LogP contribution in [0.1, 0.15) is 58.9 Å². The van der Waals surface area contributed by atoms with Gasteiger partial charge in [-0.2, -0.15) is 0 Å². The average Bonchev–Trinajstić information content (AvgIpc) is 3.79. The van der Waals surface area contributed by atoms with Crippen LogP contribution in [0.4, 0.5) is 11.6 Å². The van der Waals surface area contributed by atoms with Gasteiger partial charge in [0.15, 0.2) is 0 Å². The van der Waals surface area contributed by atoms with Gasteiger partial charge in [-0.15, -0.1) is 22.6 Å². The Bertz CT molecular complexity index is 1630. The molecule has 1 saturated heterocycles. The smallest absolute Gasteiger partial charge is 0.256 e. The van der Waals surface area contributed by atoms with E-state index in [2.05, 4.69) is 54.2 Å². The van der Waals surface area contributed by atoms with Gasteiger partial charge in [0.25, 0.3) is 5.88 Å². The number of halogens is 2. The molecule has 3 aromatic heterocycles. The number of anilines is 2. The van der Waals surface area contributed by atoms with Gasteiger partial charge in [0.1, 0.15) is 23.9 Å². The quantitative estimate of drug-likeness (QED) is 0.133. The monoisotopic (exact) mass is 760 g/mol. The molecule has 2 fully saturated rings. The molecule has 52 heavy (non-hydrogen) atoms. The Morgan fingerprint density at radius 1 is 0.981 bits per heavy atom. The molecule has 1 saturated carbocycles. The molecule has 1 aliphatic carbocycles. The second kappa shape index (κ2) is 19.5. The van der Waals surface area contributed by atoms with Crippen LogP contribution in [-0.4, -0.2) is 116 Å². The maximum atomic E-state index is 6.47. The summed E-state index contributed by atoms with van der Waals surface area (Å²) in [7, 11) is 1.66. The Kier molecular flexibility index (Phi) is 14.8. The molecular weight excluding hydrogens is 711 g/mol. The fraction of sp³-hybridized carbons (Fsp3) is 0.600. The van der Waals surface area contributed by atoms with Crippen molar-refractivity contribution in [1.29, 1.82) is 0 Å². The maximum Gasteiger partial charge on any atom is 0.256 e. The zero-order valence-corrected chi connectivity index (χ0v) is 31.8. The number of benzene rings is 1. The Balaban J connectivity index is 0.00000523. The third-order valence-electron chi connectivity index (χ3n) is 9.13. The molecule has 1 aliphatic heterocycles. The third-order valence-corrected chi connectivity index (χ3v) is 9.45. The van der Waals surface area contributed by atoms with E-state index in [0.717, 1.165) is 62.0 Å². The van der Waals surface area contributed by atoms with Gasteiger partial charge >= 0.3 is 0 Å². The third kappa shape index (κ3) is 11.0. The van der Waals surface area contributed by atoms with Crippen LogP contribution in [0.25, 0.3) is 11.1 Å². The first-order valence-corrected chi connectivity index (χ1v) is 18.2. The van der Waals surface area contributed by atoms with E-state index in [4.69, 9.17) is 40.4 Å². The van der Waals surface area contributed by atoms with Crippen molar-refractivity contribution in [2.24, 2.45) is 0 Å². The largest absolute Gasteiger partial charge is 0.487 e. The van der Waals surface area contributed by atoms with Crippen molar-refractivity contribution < 1.29 is 23.7 Å². The molecule has 4 aromatic rings. The average molecular weight is 762 g/mol. The van der Waals surface area contributed by atoms with E-state index in [1.165, 1.54) is 0 Å². The Labute approximate surface area is 316 Å². The predicted molar refractivity (Wildman–Crippen MR) is 199 cm³/mol. The first kappa shape index (κ1) is 39.6. The topological polar surface area (TPSA) is 149 Å². The standard InChI is InChI=1S/C35H49ClN10O5.ClH/c1-24-19-44(20-25(2)50-24)29-7-9-30(10-8-29)46-22-32(34(41-46)49-13-5-12-48-15-14-47-4)40-35-37-17-28(18-38-35)27-6-11-31(36)33(16-27)51-26(3)21-45-23-39-42-43-45;/h6,11,16-18,22-26,29-30H,5,7-10,12-15,19-21H2,1-4H3,(H,37,38,40);1H/t24-,25+,26-,29-,30-;/m0./s1. The van der Waals surface area contributed by atoms with Crippen molar-refractivity contribution in [3.8, 4) is 22.8 Å². The number of ether oxygens (including phenoxy) is 5. The van der Waals surface area contributed by atoms with Gasteiger partial charge in [-0.25, -0.2) is 14.6 Å². The lowest BCUT2D eigenvalue weighted by atomic mass is 9.89. The van der Waals surface area contributed by atoms with Crippen molar-refractivity contribution >= 4 is 35.6 Å². The molecule has 1 aromatic carbocycles. The Morgan fingerprint density at radius 2 is 1.73 bits per heavy atom. The Hall–Kier alpha value is -3.60. The van der Waals surface area contributed by atoms with Crippen molar-refractivity contribution in [2.45, 2.75) is 89.8 Å². The van der Waals surface area contributed by atoms with E-state index < -0.39 is 0 Å². The normalized spacial score (nSPS) is 21.3. The minimum atomic E-state index is -0.211. The Morgan fingerprint density at radius 3 is 2.44 bits per heavy atom. The summed E-state index contributed by atoms with van der Waals surface area (Å²) in [6.45, 7) is 10.9. The van der Waals surface area contributed by atoms with E-state index in [-0.39, 0.29) is 36.8 Å². The van der Waals surface area contributed by atoms with E-state index in [9.17, 15) is 0 Å². The van der Waals surface area contributed by atoms with Crippen molar-refractivity contribution in [3.63, 3.8) is 0 Å². The fourth-order valence-corrected chi connectivity index (χ4v) is 6.91. The first-order valence-electron chi connectivity index (χ1n) is 17.8. The van der Waals surface area contributed by atoms with Gasteiger partial charge < -0.3 is 29.0 Å². The molecule has 2 aliphatic rings. The summed E-state index contributed by atoms with van der Waals surface area (Å²) >= 11 is 6.47. The number of nitrogens with zero attached hydrogens (tertiary/aromatic N) is 9. The van der Waals surface area contributed by atoms with Crippen LogP contribution in [0.3, 0.4) is 0 Å². The molecular formula is C35H50Cl2N10O5. The van der Waals surface area contributed by atoms with E-state index in [1.807, 2.05) is 25.3 Å². The van der Waals surface area contributed by atoms with E-state index in [0.29, 0.717) is 61.6 Å². The van der Waals surface area contributed by atoms with E-state index >= 15 is 0 Å². The highest BCUT2D eigenvalue weighted by molar-refractivity contribution is 6.32. The molecule has 0 bridgehead atoms. The molecule has 0 unspecified atom stereocenters. The van der Waals surface area contributed by atoms with Gasteiger partial charge in [0.2, 0.25) is 5.95 Å². The van der Waals surface area contributed by atoms with Gasteiger partial charge in [0.05, 0.1) is 55.8 Å². The molecule has 0 spiro atoms. The molecule has 17 heteroatoms. The summed E-state index contributed by atoms with van der Waals surface area (Å²) in [6, 6.07) is 6.46. The minimum Gasteiger partial charge on any atom is -0.487 e. The number of morpholine rings is 1. The number of rotatable bonds is 17. The molecule has 1 N–H and O–H groups in total. The van der Waals surface area contributed by atoms with Crippen LogP contribution in [-0.2, 0) is 20.8 Å². The molecule has 15 nitrogen and oxygen atoms in total. The SMILES string of the molecule is COCCOCCCOc1nn([C@H]2CC[C@H](N3C[C@@H](C)O[C@@H](C)C3)CC2)cc1Nc1ncc(-c2ccc(Cl)c(O[C@@H](C)Cn3cnnn3)c2)cn1.Cl. The number of hydrogen-bond acceptors (Lipinski definition) is 13. The highest BCUT2D eigenvalue weighted by Gasteiger charge is 2.32. The summed E-state index contributed by atoms with van der Waals surface area (Å²) in [5, 5.41) is 20.0. The highest BCUT2D eigenvalue weighted by Crippen LogP contribution is 2.36. The predicted octanol–water partition coefficient (Wildman–Crippen LogP) is 5.64. The lowest BCUT2D eigenvalue weighted by molar-refractivity contribution is -0.0852. The zero-order valence-electron chi connectivity index (χ0n) is 30.3. The number of aromatic nitrogens is 8. The molecule has 0 amide bonds. The number of methoxy groups -OCH3 is 1. The van der Waals surface area contributed by atoms with Gasteiger partial charge in [-0.05, 0) is 74.6 Å². The molecule has 284 valence electrons. The summed E-state index contributed by atoms with van der Waals surface area (Å²) in [5.41, 5.74) is 2.41. The van der Waals surface area contributed by atoms with Crippen LogP contribution in [0.2, 0.25) is 5.02 Å². The van der Waals surface area contributed by atoms with Gasteiger partial charge in [0, 0.05) is 57.2 Å². The van der Waals surface area contributed by atoms with Crippen LogP contribution in [0.15, 0.2) is 43.1 Å². The summed E-state index contributed by atoms with van der Waals surface area (Å²) < 4.78 is 32.6. The number of hydrogen-bond donors (Lipinski definition) is 1. The van der Waals surface area contributed by atoms with Crippen LogP contribution < -0.4 is 14.8 Å².